The lowest BCUT2D eigenvalue weighted by atomic mass is 9.85. The van der Waals surface area contributed by atoms with Gasteiger partial charge in [0.05, 0.1) is 18.7 Å². The summed E-state index contributed by atoms with van der Waals surface area (Å²) in [5.74, 6) is 0.890. The Labute approximate surface area is 116 Å². The first kappa shape index (κ1) is 14.8. The van der Waals surface area contributed by atoms with Crippen LogP contribution >= 0.6 is 0 Å². The van der Waals surface area contributed by atoms with Gasteiger partial charge in [0.25, 0.3) is 0 Å². The van der Waals surface area contributed by atoms with Crippen LogP contribution in [0.25, 0.3) is 0 Å². The van der Waals surface area contributed by atoms with Crippen LogP contribution < -0.4 is 10.6 Å². The molecule has 2 N–H and O–H groups in total. The fourth-order valence-corrected chi connectivity index (χ4v) is 3.57. The van der Waals surface area contributed by atoms with Gasteiger partial charge in [-0.05, 0) is 31.6 Å². The van der Waals surface area contributed by atoms with Gasteiger partial charge in [0.1, 0.15) is 0 Å². The zero-order chi connectivity index (χ0) is 13.7. The third-order valence-electron chi connectivity index (χ3n) is 4.53. The Morgan fingerprint density at radius 3 is 2.89 bits per heavy atom. The molecule has 4 unspecified atom stereocenters. The van der Waals surface area contributed by atoms with E-state index in [4.69, 9.17) is 4.74 Å². The first-order valence-electron chi connectivity index (χ1n) is 7.80. The second-order valence-corrected chi connectivity index (χ2v) is 6.06. The molecular formula is C15H28N2O2. The van der Waals surface area contributed by atoms with E-state index in [2.05, 4.69) is 17.6 Å². The molecule has 4 atom stereocenters. The van der Waals surface area contributed by atoms with E-state index in [1.54, 1.807) is 7.11 Å². The number of hydrogen-bond donors (Lipinski definition) is 2. The van der Waals surface area contributed by atoms with Crippen molar-refractivity contribution < 1.29 is 9.53 Å². The summed E-state index contributed by atoms with van der Waals surface area (Å²) in [7, 11) is 1.69. The molecular weight excluding hydrogens is 240 g/mol. The minimum Gasteiger partial charge on any atom is -0.383 e. The maximum Gasteiger partial charge on any atom is 0.237 e. The van der Waals surface area contributed by atoms with Crippen LogP contribution in [-0.4, -0.2) is 37.7 Å². The number of amides is 1. The number of nitrogens with one attached hydrogen (secondary N) is 2. The second-order valence-electron chi connectivity index (χ2n) is 6.06. The Morgan fingerprint density at radius 1 is 1.42 bits per heavy atom. The van der Waals surface area contributed by atoms with Crippen molar-refractivity contribution >= 4 is 5.91 Å². The van der Waals surface area contributed by atoms with Gasteiger partial charge in [0, 0.05) is 13.2 Å². The lowest BCUT2D eigenvalue weighted by Crippen LogP contribution is -2.48. The van der Waals surface area contributed by atoms with Crippen molar-refractivity contribution in [1.82, 2.24) is 10.6 Å². The first-order valence-corrected chi connectivity index (χ1v) is 7.80. The Hall–Kier alpha value is -0.610. The molecule has 0 aromatic rings. The zero-order valence-electron chi connectivity index (χ0n) is 12.3. The molecule has 1 amide bonds. The van der Waals surface area contributed by atoms with Gasteiger partial charge < -0.3 is 15.4 Å². The molecule has 110 valence electrons. The van der Waals surface area contributed by atoms with Crippen LogP contribution in [0.15, 0.2) is 0 Å². The highest BCUT2D eigenvalue weighted by atomic mass is 16.5. The van der Waals surface area contributed by atoms with E-state index in [9.17, 15) is 4.79 Å². The van der Waals surface area contributed by atoms with Crippen LogP contribution in [0.3, 0.4) is 0 Å². The van der Waals surface area contributed by atoms with Crippen molar-refractivity contribution in [1.29, 1.82) is 0 Å². The maximum absolute atomic E-state index is 12.3. The Kier molecular flexibility index (Phi) is 5.64. The monoisotopic (exact) mass is 268 g/mol. The molecule has 0 spiro atoms. The molecule has 1 saturated heterocycles. The van der Waals surface area contributed by atoms with Crippen molar-refractivity contribution in [3.63, 3.8) is 0 Å². The summed E-state index contributed by atoms with van der Waals surface area (Å²) in [4.78, 5) is 12.3. The van der Waals surface area contributed by atoms with Crippen LogP contribution in [-0.2, 0) is 9.53 Å². The summed E-state index contributed by atoms with van der Waals surface area (Å²) in [6.45, 7) is 2.75. The van der Waals surface area contributed by atoms with Gasteiger partial charge >= 0.3 is 0 Å². The van der Waals surface area contributed by atoms with Crippen molar-refractivity contribution in [3.05, 3.63) is 0 Å². The fraction of sp³-hybridized carbons (Fsp3) is 0.933. The molecule has 0 aromatic carbocycles. The van der Waals surface area contributed by atoms with E-state index >= 15 is 0 Å². The largest absolute Gasteiger partial charge is 0.383 e. The normalized spacial score (nSPS) is 31.8. The Bertz CT molecular complexity index is 276. The number of ether oxygens (including phenoxy) is 1. The zero-order valence-corrected chi connectivity index (χ0v) is 12.3. The van der Waals surface area contributed by atoms with Crippen molar-refractivity contribution in [2.24, 2.45) is 5.92 Å². The lowest BCUT2D eigenvalue weighted by Gasteiger charge is -2.24. The maximum atomic E-state index is 12.3. The minimum atomic E-state index is 0.0179. The number of fused-ring (bicyclic) bond motifs is 1. The Morgan fingerprint density at radius 2 is 2.21 bits per heavy atom. The molecule has 19 heavy (non-hydrogen) atoms. The molecule has 1 aliphatic heterocycles. The second kappa shape index (κ2) is 7.25. The van der Waals surface area contributed by atoms with Crippen LogP contribution in [0.5, 0.6) is 0 Å². The van der Waals surface area contributed by atoms with E-state index in [1.807, 2.05) is 0 Å². The van der Waals surface area contributed by atoms with Crippen LogP contribution in [0.2, 0.25) is 0 Å². The van der Waals surface area contributed by atoms with Gasteiger partial charge in [-0.1, -0.05) is 26.2 Å². The van der Waals surface area contributed by atoms with E-state index in [1.165, 1.54) is 25.7 Å². The van der Waals surface area contributed by atoms with Gasteiger partial charge in [0.2, 0.25) is 5.91 Å². The van der Waals surface area contributed by atoms with E-state index in [-0.39, 0.29) is 18.0 Å². The van der Waals surface area contributed by atoms with Crippen molar-refractivity contribution in [2.75, 3.05) is 13.7 Å². The molecule has 2 fully saturated rings. The van der Waals surface area contributed by atoms with Gasteiger partial charge in [0.15, 0.2) is 0 Å². The number of hydrogen-bond acceptors (Lipinski definition) is 3. The van der Waals surface area contributed by atoms with E-state index in [0.29, 0.717) is 12.6 Å². The van der Waals surface area contributed by atoms with Crippen molar-refractivity contribution in [2.45, 2.75) is 70.0 Å². The first-order chi connectivity index (χ1) is 9.24. The summed E-state index contributed by atoms with van der Waals surface area (Å²) >= 11 is 0. The molecule has 0 aromatic heterocycles. The quantitative estimate of drug-likeness (QED) is 0.773. The number of carbonyl (C=O) groups is 1. The minimum absolute atomic E-state index is 0.0179. The average Bonchev–Trinajstić information content (AvgIpc) is 2.83. The average molecular weight is 268 g/mol. The highest BCUT2D eigenvalue weighted by Gasteiger charge is 2.38. The Balaban J connectivity index is 1.82. The molecule has 0 bridgehead atoms. The summed E-state index contributed by atoms with van der Waals surface area (Å²) in [5, 5.41) is 6.67. The van der Waals surface area contributed by atoms with E-state index in [0.717, 1.165) is 25.2 Å². The predicted molar refractivity (Wildman–Crippen MR) is 76.0 cm³/mol. The highest BCUT2D eigenvalue weighted by Crippen LogP contribution is 2.33. The third kappa shape index (κ3) is 3.93. The van der Waals surface area contributed by atoms with Crippen molar-refractivity contribution in [3.8, 4) is 0 Å². The van der Waals surface area contributed by atoms with Gasteiger partial charge in [-0.15, -0.1) is 0 Å². The molecule has 4 heteroatoms. The molecule has 1 saturated carbocycles. The summed E-state index contributed by atoms with van der Waals surface area (Å²) in [6.07, 6.45) is 8.24. The topological polar surface area (TPSA) is 50.4 Å². The summed E-state index contributed by atoms with van der Waals surface area (Å²) in [5.41, 5.74) is 0. The summed E-state index contributed by atoms with van der Waals surface area (Å²) in [6, 6.07) is 0.757. The molecule has 1 heterocycles. The van der Waals surface area contributed by atoms with Crippen LogP contribution in [0.1, 0.15) is 51.9 Å². The van der Waals surface area contributed by atoms with Crippen LogP contribution in [0.4, 0.5) is 0 Å². The van der Waals surface area contributed by atoms with Gasteiger partial charge in [-0.3, -0.25) is 4.79 Å². The highest BCUT2D eigenvalue weighted by molar-refractivity contribution is 5.82. The van der Waals surface area contributed by atoms with E-state index < -0.39 is 0 Å². The van der Waals surface area contributed by atoms with Crippen LogP contribution in [0, 0.1) is 5.92 Å². The standard InChI is InChI=1S/C15H28N2O2/c1-3-6-12(10-19-2)16-15(18)14-9-11-7-4-5-8-13(11)17-14/h11-14,17H,3-10H2,1-2H3,(H,16,18). The number of rotatable bonds is 6. The molecule has 0 radical (unpaired) electrons. The molecule has 2 rings (SSSR count). The molecule has 1 aliphatic carbocycles. The van der Waals surface area contributed by atoms with Gasteiger partial charge in [-0.25, -0.2) is 0 Å². The third-order valence-corrected chi connectivity index (χ3v) is 4.53. The lowest BCUT2D eigenvalue weighted by molar-refractivity contribution is -0.124. The predicted octanol–water partition coefficient (Wildman–Crippen LogP) is 1.84. The molecule has 2 aliphatic rings. The molecule has 4 nitrogen and oxygen atoms in total. The SMILES string of the molecule is CCCC(COC)NC(=O)C1CC2CCCCC2N1. The number of methoxy groups -OCH3 is 1. The van der Waals surface area contributed by atoms with Gasteiger partial charge in [-0.2, -0.15) is 0 Å². The smallest absolute Gasteiger partial charge is 0.237 e. The summed E-state index contributed by atoms with van der Waals surface area (Å²) < 4.78 is 5.18. The number of carbonyl (C=O) groups excluding carboxylic acids is 1. The fourth-order valence-electron chi connectivity index (χ4n) is 3.57.